The van der Waals surface area contributed by atoms with Crippen LogP contribution in [-0.2, 0) is 19.5 Å². The van der Waals surface area contributed by atoms with Gasteiger partial charge < -0.3 is 20.4 Å². The lowest BCUT2D eigenvalue weighted by Crippen LogP contribution is -2.23. The van der Waals surface area contributed by atoms with Crippen molar-refractivity contribution in [2.45, 2.75) is 19.5 Å². The standard InChI is InChI=1S/C20H23N5O/c1-26-18-9-5-8-17(14-18)24-20(21)23-15-19-22-11-13-25(19)12-10-16-6-3-2-4-7-16/h2-9,11,13-14H,10,12,15H2,1H3,(H3,21,23,24). The van der Waals surface area contributed by atoms with E-state index in [4.69, 9.17) is 10.5 Å². The van der Waals surface area contributed by atoms with Crippen LogP contribution in [0.15, 0.2) is 72.0 Å². The lowest BCUT2D eigenvalue weighted by Gasteiger charge is -2.09. The van der Waals surface area contributed by atoms with Gasteiger partial charge in [0.25, 0.3) is 0 Å². The van der Waals surface area contributed by atoms with Crippen molar-refractivity contribution in [2.24, 2.45) is 10.7 Å². The van der Waals surface area contributed by atoms with Gasteiger partial charge in [0.15, 0.2) is 5.96 Å². The van der Waals surface area contributed by atoms with E-state index in [1.807, 2.05) is 36.5 Å². The SMILES string of the molecule is COc1cccc(NC(N)=NCc2nccn2CCc2ccccc2)c1. The molecule has 0 saturated heterocycles. The number of nitrogens with one attached hydrogen (secondary N) is 1. The van der Waals surface area contributed by atoms with Gasteiger partial charge in [0, 0.05) is 30.7 Å². The molecule has 26 heavy (non-hydrogen) atoms. The molecule has 0 unspecified atom stereocenters. The number of ether oxygens (including phenoxy) is 1. The van der Waals surface area contributed by atoms with E-state index in [-0.39, 0.29) is 0 Å². The van der Waals surface area contributed by atoms with E-state index >= 15 is 0 Å². The van der Waals surface area contributed by atoms with Crippen LogP contribution in [0.5, 0.6) is 5.75 Å². The molecular formula is C20H23N5O. The van der Waals surface area contributed by atoms with Crippen LogP contribution in [0.2, 0.25) is 0 Å². The lowest BCUT2D eigenvalue weighted by atomic mass is 10.1. The summed E-state index contributed by atoms with van der Waals surface area (Å²) in [7, 11) is 1.63. The van der Waals surface area contributed by atoms with E-state index in [0.29, 0.717) is 12.5 Å². The van der Waals surface area contributed by atoms with Gasteiger partial charge in [-0.2, -0.15) is 0 Å². The summed E-state index contributed by atoms with van der Waals surface area (Å²) in [6.07, 6.45) is 4.71. The van der Waals surface area contributed by atoms with Crippen molar-refractivity contribution in [3.05, 3.63) is 78.4 Å². The Morgan fingerprint density at radius 2 is 2.04 bits per heavy atom. The smallest absolute Gasteiger partial charge is 0.193 e. The highest BCUT2D eigenvalue weighted by molar-refractivity contribution is 5.92. The van der Waals surface area contributed by atoms with Crippen LogP contribution in [0.1, 0.15) is 11.4 Å². The minimum absolute atomic E-state index is 0.343. The number of hydrogen-bond donors (Lipinski definition) is 2. The third kappa shape index (κ3) is 4.86. The minimum Gasteiger partial charge on any atom is -0.497 e. The number of rotatable bonds is 7. The molecule has 0 radical (unpaired) electrons. The molecule has 0 amide bonds. The number of aliphatic imine (C=N–C) groups is 1. The molecule has 2 aromatic carbocycles. The second kappa shape index (κ2) is 8.71. The molecule has 0 aliphatic rings. The summed E-state index contributed by atoms with van der Waals surface area (Å²) in [6, 6.07) is 17.9. The van der Waals surface area contributed by atoms with Crippen molar-refractivity contribution in [3.63, 3.8) is 0 Å². The number of aryl methyl sites for hydroxylation is 2. The summed E-state index contributed by atoms with van der Waals surface area (Å²) in [5.74, 6) is 1.99. The van der Waals surface area contributed by atoms with Crippen molar-refractivity contribution in [1.82, 2.24) is 9.55 Å². The Morgan fingerprint density at radius 3 is 2.85 bits per heavy atom. The Kier molecular flexibility index (Phi) is 5.88. The molecular weight excluding hydrogens is 326 g/mol. The van der Waals surface area contributed by atoms with Gasteiger partial charge in [-0.05, 0) is 24.1 Å². The Morgan fingerprint density at radius 1 is 1.19 bits per heavy atom. The second-order valence-electron chi connectivity index (χ2n) is 5.83. The zero-order valence-corrected chi connectivity index (χ0v) is 14.8. The van der Waals surface area contributed by atoms with Gasteiger partial charge >= 0.3 is 0 Å². The molecule has 3 N–H and O–H groups in total. The zero-order valence-electron chi connectivity index (χ0n) is 14.8. The van der Waals surface area contributed by atoms with E-state index in [2.05, 4.69) is 44.1 Å². The highest BCUT2D eigenvalue weighted by atomic mass is 16.5. The fourth-order valence-corrected chi connectivity index (χ4v) is 2.63. The van der Waals surface area contributed by atoms with Crippen molar-refractivity contribution in [1.29, 1.82) is 0 Å². The fourth-order valence-electron chi connectivity index (χ4n) is 2.63. The first-order chi connectivity index (χ1) is 12.7. The Labute approximate surface area is 153 Å². The molecule has 1 heterocycles. The number of nitrogens with two attached hydrogens (primary N) is 1. The summed E-state index contributed by atoms with van der Waals surface area (Å²) in [5.41, 5.74) is 8.12. The summed E-state index contributed by atoms with van der Waals surface area (Å²) >= 11 is 0. The van der Waals surface area contributed by atoms with Crippen LogP contribution < -0.4 is 15.8 Å². The van der Waals surface area contributed by atoms with Crippen molar-refractivity contribution < 1.29 is 4.74 Å². The average Bonchev–Trinajstić information content (AvgIpc) is 3.13. The molecule has 0 saturated carbocycles. The highest BCUT2D eigenvalue weighted by Crippen LogP contribution is 2.16. The predicted molar refractivity (Wildman–Crippen MR) is 104 cm³/mol. The van der Waals surface area contributed by atoms with E-state index < -0.39 is 0 Å². The van der Waals surface area contributed by atoms with Crippen LogP contribution in [0.25, 0.3) is 0 Å². The number of aromatic nitrogens is 2. The van der Waals surface area contributed by atoms with Crippen LogP contribution >= 0.6 is 0 Å². The highest BCUT2D eigenvalue weighted by Gasteiger charge is 2.03. The molecule has 3 aromatic rings. The van der Waals surface area contributed by atoms with Crippen LogP contribution in [0.4, 0.5) is 5.69 Å². The van der Waals surface area contributed by atoms with Crippen LogP contribution in [0, 0.1) is 0 Å². The maximum absolute atomic E-state index is 5.99. The first kappa shape index (κ1) is 17.5. The van der Waals surface area contributed by atoms with Crippen LogP contribution in [-0.4, -0.2) is 22.6 Å². The van der Waals surface area contributed by atoms with E-state index in [1.165, 1.54) is 5.56 Å². The number of imidazole rings is 1. The van der Waals surface area contributed by atoms with Crippen molar-refractivity contribution in [3.8, 4) is 5.75 Å². The quantitative estimate of drug-likeness (QED) is 0.508. The van der Waals surface area contributed by atoms with Gasteiger partial charge in [0.1, 0.15) is 18.1 Å². The number of methoxy groups -OCH3 is 1. The van der Waals surface area contributed by atoms with Crippen molar-refractivity contribution >= 4 is 11.6 Å². The molecule has 0 aliphatic heterocycles. The Hall–Kier alpha value is -3.28. The summed E-state index contributed by atoms with van der Waals surface area (Å²) < 4.78 is 7.31. The molecule has 6 nitrogen and oxygen atoms in total. The monoisotopic (exact) mass is 349 g/mol. The Bertz CT molecular complexity index is 857. The molecule has 1 aromatic heterocycles. The number of guanidine groups is 1. The molecule has 0 aliphatic carbocycles. The summed E-state index contributed by atoms with van der Waals surface area (Å²) in [4.78, 5) is 8.78. The topological polar surface area (TPSA) is 77.5 Å². The average molecular weight is 349 g/mol. The molecule has 134 valence electrons. The molecule has 0 fully saturated rings. The number of hydrogen-bond acceptors (Lipinski definition) is 3. The molecule has 3 rings (SSSR count). The predicted octanol–water partition coefficient (Wildman–Crippen LogP) is 3.06. The third-order valence-corrected chi connectivity index (χ3v) is 4.02. The lowest BCUT2D eigenvalue weighted by molar-refractivity contribution is 0.415. The first-order valence-corrected chi connectivity index (χ1v) is 8.49. The Balaban J connectivity index is 1.58. The second-order valence-corrected chi connectivity index (χ2v) is 5.83. The van der Waals surface area contributed by atoms with Gasteiger partial charge in [-0.3, -0.25) is 0 Å². The normalized spacial score (nSPS) is 11.3. The van der Waals surface area contributed by atoms with Gasteiger partial charge in [0.05, 0.1) is 7.11 Å². The molecule has 6 heteroatoms. The largest absolute Gasteiger partial charge is 0.497 e. The minimum atomic E-state index is 0.343. The van der Waals surface area contributed by atoms with E-state index in [1.54, 1.807) is 13.3 Å². The molecule has 0 spiro atoms. The summed E-state index contributed by atoms with van der Waals surface area (Å²) in [6.45, 7) is 1.28. The van der Waals surface area contributed by atoms with E-state index in [0.717, 1.165) is 30.2 Å². The number of anilines is 1. The van der Waals surface area contributed by atoms with Gasteiger partial charge in [0.2, 0.25) is 0 Å². The van der Waals surface area contributed by atoms with E-state index in [9.17, 15) is 0 Å². The number of nitrogens with zero attached hydrogens (tertiary/aromatic N) is 3. The maximum atomic E-state index is 5.99. The third-order valence-electron chi connectivity index (χ3n) is 4.02. The summed E-state index contributed by atoms with van der Waals surface area (Å²) in [5, 5.41) is 3.07. The number of benzene rings is 2. The molecule has 0 atom stereocenters. The zero-order chi connectivity index (χ0) is 18.2. The first-order valence-electron chi connectivity index (χ1n) is 8.49. The van der Waals surface area contributed by atoms with Gasteiger partial charge in [-0.1, -0.05) is 36.4 Å². The van der Waals surface area contributed by atoms with Crippen LogP contribution in [0.3, 0.4) is 0 Å². The maximum Gasteiger partial charge on any atom is 0.193 e. The fraction of sp³-hybridized carbons (Fsp3) is 0.200. The van der Waals surface area contributed by atoms with Gasteiger partial charge in [-0.25, -0.2) is 9.98 Å². The van der Waals surface area contributed by atoms with Gasteiger partial charge in [-0.15, -0.1) is 0 Å². The molecule has 0 bridgehead atoms. The van der Waals surface area contributed by atoms with Crippen molar-refractivity contribution in [2.75, 3.05) is 12.4 Å².